The van der Waals surface area contributed by atoms with E-state index in [0.717, 1.165) is 26.3 Å². The molecule has 0 aliphatic heterocycles. The van der Waals surface area contributed by atoms with E-state index in [9.17, 15) is 10.2 Å². The van der Waals surface area contributed by atoms with Crippen LogP contribution in [-0.2, 0) is 21.0 Å². The number of hydrogen-bond acceptors (Lipinski definition) is 5. The molecule has 0 radical (unpaired) electrons. The van der Waals surface area contributed by atoms with Gasteiger partial charge < -0.3 is 20.4 Å². The van der Waals surface area contributed by atoms with Crippen molar-refractivity contribution in [1.29, 1.82) is 0 Å². The van der Waals surface area contributed by atoms with Crippen molar-refractivity contribution in [2.45, 2.75) is 26.1 Å². The van der Waals surface area contributed by atoms with E-state index in [1.807, 2.05) is 0 Å². The van der Waals surface area contributed by atoms with Crippen LogP contribution < -0.4 is 0 Å². The molecule has 4 N–H and O–H groups in total. The fraction of sp³-hybridized carbons (Fsp3) is 0.250. The second-order valence-electron chi connectivity index (χ2n) is 4.76. The van der Waals surface area contributed by atoms with Crippen LogP contribution in [0.1, 0.15) is 37.2 Å². The number of halogens is 2. The Kier molecular flexibility index (Phi) is 11.4. The SMILES string of the molecule is CC(O)c1cc(Br)ccc1O.CC(O)c1cc(Br)ccc1O.[O]=[V]. The molecule has 0 bridgehead atoms. The molecular formula is C16H18Br2O5V. The van der Waals surface area contributed by atoms with E-state index >= 15 is 0 Å². The molecule has 0 fully saturated rings. The van der Waals surface area contributed by atoms with Gasteiger partial charge in [0.15, 0.2) is 0 Å². The van der Waals surface area contributed by atoms with Crippen LogP contribution in [0.2, 0.25) is 0 Å². The maximum absolute atomic E-state index is 9.22. The number of phenolic OH excluding ortho intramolecular Hbond substituents is 2. The van der Waals surface area contributed by atoms with E-state index in [0.29, 0.717) is 11.1 Å². The minimum atomic E-state index is -0.632. The molecule has 2 atom stereocenters. The number of hydrogen-bond donors (Lipinski definition) is 4. The molecule has 131 valence electrons. The van der Waals surface area contributed by atoms with E-state index in [4.69, 9.17) is 13.9 Å². The van der Waals surface area contributed by atoms with Crippen molar-refractivity contribution in [3.8, 4) is 11.5 Å². The molecule has 0 aliphatic rings. The summed E-state index contributed by atoms with van der Waals surface area (Å²) in [6.45, 7) is 3.23. The summed E-state index contributed by atoms with van der Waals surface area (Å²) in [6.07, 6.45) is -1.26. The van der Waals surface area contributed by atoms with E-state index in [-0.39, 0.29) is 11.5 Å². The van der Waals surface area contributed by atoms with Crippen LogP contribution in [0.4, 0.5) is 0 Å². The van der Waals surface area contributed by atoms with Crippen molar-refractivity contribution in [2.75, 3.05) is 0 Å². The van der Waals surface area contributed by atoms with Crippen LogP contribution in [0.15, 0.2) is 45.3 Å². The first-order chi connectivity index (χ1) is 11.2. The van der Waals surface area contributed by atoms with E-state index in [1.54, 1.807) is 50.2 Å². The molecule has 0 saturated carbocycles. The maximum atomic E-state index is 9.22. The van der Waals surface area contributed by atoms with Crippen molar-refractivity contribution in [3.05, 3.63) is 56.5 Å². The fourth-order valence-corrected chi connectivity index (χ4v) is 2.48. The Morgan fingerprint density at radius 2 is 1.08 bits per heavy atom. The Morgan fingerprint density at radius 1 is 0.792 bits per heavy atom. The third-order valence-corrected chi connectivity index (χ3v) is 3.87. The number of benzene rings is 2. The number of aliphatic hydroxyl groups is 2. The Bertz CT molecular complexity index is 595. The summed E-state index contributed by atoms with van der Waals surface area (Å²) >= 11 is 7.55. The zero-order valence-corrected chi connectivity index (χ0v) is 17.6. The van der Waals surface area contributed by atoms with E-state index in [1.165, 1.54) is 0 Å². The number of rotatable bonds is 2. The zero-order chi connectivity index (χ0) is 18.9. The second-order valence-corrected chi connectivity index (χ2v) is 6.59. The van der Waals surface area contributed by atoms with Crippen molar-refractivity contribution in [3.63, 3.8) is 0 Å². The summed E-state index contributed by atoms with van der Waals surface area (Å²) in [7, 11) is 0. The minimum absolute atomic E-state index is 0.128. The molecule has 5 nitrogen and oxygen atoms in total. The molecule has 8 heteroatoms. The number of phenols is 2. The van der Waals surface area contributed by atoms with E-state index in [2.05, 4.69) is 31.9 Å². The molecule has 2 aromatic carbocycles. The standard InChI is InChI=1S/2C8H9BrO2.O.V/c2*1-5(10)7-4-6(9)2-3-8(7)11;;/h2*2-5,10-11H,1H3;;. The Hall–Kier alpha value is -0.696. The molecular weight excluding hydrogens is 483 g/mol. The average molecular weight is 501 g/mol. The van der Waals surface area contributed by atoms with Gasteiger partial charge in [0.25, 0.3) is 0 Å². The van der Waals surface area contributed by atoms with Gasteiger partial charge in [0.05, 0.1) is 12.2 Å². The summed E-state index contributed by atoms with van der Waals surface area (Å²) in [5, 5.41) is 36.7. The molecule has 0 heterocycles. The van der Waals surface area contributed by atoms with Gasteiger partial charge in [0.1, 0.15) is 11.5 Å². The Morgan fingerprint density at radius 3 is 1.29 bits per heavy atom. The van der Waals surface area contributed by atoms with Gasteiger partial charge in [0.2, 0.25) is 0 Å². The summed E-state index contributed by atoms with van der Waals surface area (Å²) in [6, 6.07) is 9.93. The zero-order valence-electron chi connectivity index (χ0n) is 13.0. The Balaban J connectivity index is 0.000000400. The molecule has 2 aromatic rings. The summed E-state index contributed by atoms with van der Waals surface area (Å²) in [5.41, 5.74) is 1.08. The fourth-order valence-electron chi connectivity index (χ4n) is 1.72. The van der Waals surface area contributed by atoms with Gasteiger partial charge >= 0.3 is 21.0 Å². The summed E-state index contributed by atoms with van der Waals surface area (Å²) < 4.78 is 9.89. The van der Waals surface area contributed by atoms with Gasteiger partial charge in [-0.1, -0.05) is 31.9 Å². The molecule has 2 unspecified atom stereocenters. The van der Waals surface area contributed by atoms with Gasteiger partial charge in [-0.15, -0.1) is 0 Å². The molecule has 24 heavy (non-hydrogen) atoms. The van der Waals surface area contributed by atoms with Crippen LogP contribution in [-0.4, -0.2) is 20.4 Å². The predicted molar refractivity (Wildman–Crippen MR) is 93.6 cm³/mol. The number of aliphatic hydroxyl groups excluding tert-OH is 2. The quantitative estimate of drug-likeness (QED) is 0.493. The third kappa shape index (κ3) is 7.92. The summed E-state index contributed by atoms with van der Waals surface area (Å²) in [4.78, 5) is 0. The van der Waals surface area contributed by atoms with Crippen molar-refractivity contribution < 1.29 is 41.5 Å². The predicted octanol–water partition coefficient (Wildman–Crippen LogP) is 4.29. The first-order valence-electron chi connectivity index (χ1n) is 6.73. The van der Waals surface area contributed by atoms with E-state index < -0.39 is 12.2 Å². The van der Waals surface area contributed by atoms with Crippen LogP contribution in [0.5, 0.6) is 11.5 Å². The third-order valence-electron chi connectivity index (χ3n) is 2.88. The molecule has 0 amide bonds. The normalized spacial score (nSPS) is 12.0. The second kappa shape index (κ2) is 11.8. The average Bonchev–Trinajstić information content (AvgIpc) is 2.54. The monoisotopic (exact) mass is 499 g/mol. The molecule has 0 aliphatic carbocycles. The van der Waals surface area contributed by atoms with Crippen LogP contribution in [0.25, 0.3) is 0 Å². The van der Waals surface area contributed by atoms with Gasteiger partial charge in [-0.05, 0) is 50.2 Å². The van der Waals surface area contributed by atoms with Crippen LogP contribution in [0, 0.1) is 0 Å². The van der Waals surface area contributed by atoms with Crippen LogP contribution >= 0.6 is 31.9 Å². The van der Waals surface area contributed by atoms with Gasteiger partial charge in [-0.25, -0.2) is 0 Å². The Labute approximate surface area is 166 Å². The number of aromatic hydroxyl groups is 2. The molecule has 2 rings (SSSR count). The first-order valence-corrected chi connectivity index (χ1v) is 8.89. The van der Waals surface area contributed by atoms with Gasteiger partial charge in [-0.3, -0.25) is 0 Å². The van der Waals surface area contributed by atoms with Crippen molar-refractivity contribution in [1.82, 2.24) is 0 Å². The molecule has 0 saturated heterocycles. The van der Waals surface area contributed by atoms with Gasteiger partial charge in [-0.2, -0.15) is 0 Å². The topological polar surface area (TPSA) is 98.0 Å². The van der Waals surface area contributed by atoms with Crippen LogP contribution in [0.3, 0.4) is 0 Å². The van der Waals surface area contributed by atoms with Gasteiger partial charge in [0, 0.05) is 20.1 Å². The molecule has 0 aromatic heterocycles. The van der Waals surface area contributed by atoms with Crippen molar-refractivity contribution >= 4 is 31.9 Å². The first kappa shape index (κ1) is 23.3. The molecule has 0 spiro atoms. The van der Waals surface area contributed by atoms with Crippen molar-refractivity contribution in [2.24, 2.45) is 0 Å². The summed E-state index contributed by atoms with van der Waals surface area (Å²) in [5.74, 6) is 0.256.